The lowest BCUT2D eigenvalue weighted by Crippen LogP contribution is -2.15. The predicted octanol–water partition coefficient (Wildman–Crippen LogP) is 6.05. The number of halogens is 4. The molecule has 2 amide bonds. The average molecular weight is 420 g/mol. The van der Waals surface area contributed by atoms with Crippen molar-refractivity contribution in [1.82, 2.24) is 0 Å². The van der Waals surface area contributed by atoms with Gasteiger partial charge in [-0.2, -0.15) is 0 Å². The van der Waals surface area contributed by atoms with Crippen molar-refractivity contribution in [1.29, 1.82) is 0 Å². The minimum Gasteiger partial charge on any atom is -0.325 e. The SMILES string of the molecule is O=C(CCCC(=O)Nc1cc(Cl)ccc1Cl)Nc1cc(Cl)ccc1Cl. The third kappa shape index (κ3) is 6.40. The van der Waals surface area contributed by atoms with Gasteiger partial charge in [-0.3, -0.25) is 9.59 Å². The van der Waals surface area contributed by atoms with Gasteiger partial charge in [0.05, 0.1) is 21.4 Å². The second-order valence-corrected chi connectivity index (χ2v) is 6.89. The zero-order valence-corrected chi connectivity index (χ0v) is 15.9. The molecule has 2 aromatic carbocycles. The quantitative estimate of drug-likeness (QED) is 0.598. The van der Waals surface area contributed by atoms with Crippen molar-refractivity contribution in [2.24, 2.45) is 0 Å². The number of nitrogens with one attached hydrogen (secondary N) is 2. The van der Waals surface area contributed by atoms with Crippen molar-refractivity contribution >= 4 is 69.6 Å². The Labute approximate surface area is 165 Å². The topological polar surface area (TPSA) is 58.2 Å². The molecular weight excluding hydrogens is 406 g/mol. The monoisotopic (exact) mass is 418 g/mol. The van der Waals surface area contributed by atoms with Crippen LogP contribution in [-0.2, 0) is 9.59 Å². The van der Waals surface area contributed by atoms with E-state index >= 15 is 0 Å². The zero-order chi connectivity index (χ0) is 18.4. The average Bonchev–Trinajstić information content (AvgIpc) is 2.54. The number of anilines is 2. The third-order valence-corrected chi connectivity index (χ3v) is 4.34. The van der Waals surface area contributed by atoms with Crippen LogP contribution in [0.2, 0.25) is 20.1 Å². The lowest BCUT2D eigenvalue weighted by Gasteiger charge is -2.09. The highest BCUT2D eigenvalue weighted by Crippen LogP contribution is 2.26. The summed E-state index contributed by atoms with van der Waals surface area (Å²) in [5.74, 6) is -0.504. The Morgan fingerprint density at radius 2 is 1.12 bits per heavy atom. The highest BCUT2D eigenvalue weighted by atomic mass is 35.5. The summed E-state index contributed by atoms with van der Waals surface area (Å²) in [7, 11) is 0. The van der Waals surface area contributed by atoms with E-state index in [1.165, 1.54) is 0 Å². The Kier molecular flexibility index (Phi) is 7.38. The van der Waals surface area contributed by atoms with Crippen molar-refractivity contribution in [2.75, 3.05) is 10.6 Å². The Morgan fingerprint density at radius 3 is 1.52 bits per heavy atom. The number of carbonyl (C=O) groups excluding carboxylic acids is 2. The molecule has 8 heteroatoms. The van der Waals surface area contributed by atoms with Gasteiger partial charge in [0.1, 0.15) is 0 Å². The molecule has 0 saturated carbocycles. The molecule has 0 bridgehead atoms. The summed E-state index contributed by atoms with van der Waals surface area (Å²) in [5.41, 5.74) is 0.878. The molecular formula is C17H14Cl4N2O2. The van der Waals surface area contributed by atoms with E-state index in [-0.39, 0.29) is 24.7 Å². The summed E-state index contributed by atoms with van der Waals surface area (Å²) in [6.07, 6.45) is 0.702. The van der Waals surface area contributed by atoms with Gasteiger partial charge in [-0.15, -0.1) is 0 Å². The van der Waals surface area contributed by atoms with Crippen molar-refractivity contribution in [2.45, 2.75) is 19.3 Å². The smallest absolute Gasteiger partial charge is 0.224 e. The van der Waals surface area contributed by atoms with E-state index in [2.05, 4.69) is 10.6 Å². The lowest BCUT2D eigenvalue weighted by atomic mass is 10.2. The number of rotatable bonds is 6. The molecule has 0 spiro atoms. The Hall–Kier alpha value is -1.46. The molecule has 0 saturated heterocycles. The Balaban J connectivity index is 1.79. The molecule has 0 aliphatic rings. The highest BCUT2D eigenvalue weighted by Gasteiger charge is 2.10. The molecule has 0 aliphatic carbocycles. The molecule has 0 aliphatic heterocycles. The number of carbonyl (C=O) groups is 2. The fourth-order valence-corrected chi connectivity index (χ4v) is 2.70. The second kappa shape index (κ2) is 9.30. The van der Waals surface area contributed by atoms with E-state index in [4.69, 9.17) is 46.4 Å². The van der Waals surface area contributed by atoms with Crippen LogP contribution in [0.3, 0.4) is 0 Å². The molecule has 2 N–H and O–H groups in total. The van der Waals surface area contributed by atoms with E-state index in [9.17, 15) is 9.59 Å². The standard InChI is InChI=1S/C17H14Cl4N2O2/c18-10-4-6-12(20)14(8-10)22-16(24)2-1-3-17(25)23-15-9-11(19)5-7-13(15)21/h4-9H,1-3H2,(H,22,24)(H,23,25). The van der Waals surface area contributed by atoms with Gasteiger partial charge in [-0.25, -0.2) is 0 Å². The summed E-state index contributed by atoms with van der Waals surface area (Å²) in [5, 5.41) is 7.06. The lowest BCUT2D eigenvalue weighted by molar-refractivity contribution is -0.117. The van der Waals surface area contributed by atoms with Crippen LogP contribution in [0.5, 0.6) is 0 Å². The number of benzene rings is 2. The summed E-state index contributed by atoms with van der Waals surface area (Å²) in [6, 6.07) is 9.59. The van der Waals surface area contributed by atoms with Crippen LogP contribution in [0.1, 0.15) is 19.3 Å². The van der Waals surface area contributed by atoms with Crippen LogP contribution in [0.4, 0.5) is 11.4 Å². The molecule has 0 radical (unpaired) electrons. The molecule has 4 nitrogen and oxygen atoms in total. The van der Waals surface area contributed by atoms with Crippen molar-refractivity contribution in [3.63, 3.8) is 0 Å². The van der Waals surface area contributed by atoms with Crippen molar-refractivity contribution in [3.05, 3.63) is 56.5 Å². The van der Waals surface area contributed by atoms with Gasteiger partial charge in [-0.05, 0) is 42.8 Å². The number of hydrogen-bond acceptors (Lipinski definition) is 2. The molecule has 0 atom stereocenters. The van der Waals surface area contributed by atoms with E-state index in [0.29, 0.717) is 37.9 Å². The minimum atomic E-state index is -0.252. The maximum absolute atomic E-state index is 11.9. The van der Waals surface area contributed by atoms with Crippen LogP contribution in [0.25, 0.3) is 0 Å². The van der Waals surface area contributed by atoms with Gasteiger partial charge >= 0.3 is 0 Å². The number of hydrogen-bond donors (Lipinski definition) is 2. The largest absolute Gasteiger partial charge is 0.325 e. The second-order valence-electron chi connectivity index (χ2n) is 5.20. The van der Waals surface area contributed by atoms with E-state index in [1.54, 1.807) is 36.4 Å². The van der Waals surface area contributed by atoms with E-state index in [1.807, 2.05) is 0 Å². The molecule has 0 aromatic heterocycles. The minimum absolute atomic E-state index is 0.166. The fraction of sp³-hybridized carbons (Fsp3) is 0.176. The molecule has 132 valence electrons. The number of amides is 2. The van der Waals surface area contributed by atoms with Crippen LogP contribution in [0, 0.1) is 0 Å². The third-order valence-electron chi connectivity index (χ3n) is 3.21. The summed E-state index contributed by atoms with van der Waals surface area (Å²) < 4.78 is 0. The van der Waals surface area contributed by atoms with Gasteiger partial charge in [0.15, 0.2) is 0 Å². The summed E-state index contributed by atoms with van der Waals surface area (Å²) in [4.78, 5) is 23.9. The van der Waals surface area contributed by atoms with Gasteiger partial charge < -0.3 is 10.6 Å². The maximum atomic E-state index is 11.9. The molecule has 2 aromatic rings. The van der Waals surface area contributed by atoms with Gasteiger partial charge in [0, 0.05) is 22.9 Å². The first-order chi connectivity index (χ1) is 11.8. The molecule has 0 heterocycles. The van der Waals surface area contributed by atoms with Crippen LogP contribution in [-0.4, -0.2) is 11.8 Å². The van der Waals surface area contributed by atoms with E-state index < -0.39 is 0 Å². The van der Waals surface area contributed by atoms with Gasteiger partial charge in [-0.1, -0.05) is 46.4 Å². The normalized spacial score (nSPS) is 10.4. The Bertz CT molecular complexity index is 731. The first-order valence-electron chi connectivity index (χ1n) is 7.35. The van der Waals surface area contributed by atoms with Gasteiger partial charge in [0.2, 0.25) is 11.8 Å². The van der Waals surface area contributed by atoms with Gasteiger partial charge in [0.25, 0.3) is 0 Å². The first kappa shape index (κ1) is 19.9. The van der Waals surface area contributed by atoms with Crippen LogP contribution < -0.4 is 10.6 Å². The molecule has 25 heavy (non-hydrogen) atoms. The molecule has 2 rings (SSSR count). The van der Waals surface area contributed by atoms with Crippen molar-refractivity contribution < 1.29 is 9.59 Å². The summed E-state index contributed by atoms with van der Waals surface area (Å²) in [6.45, 7) is 0. The van der Waals surface area contributed by atoms with Crippen molar-refractivity contribution in [3.8, 4) is 0 Å². The predicted molar refractivity (Wildman–Crippen MR) is 104 cm³/mol. The first-order valence-corrected chi connectivity index (χ1v) is 8.86. The highest BCUT2D eigenvalue weighted by molar-refractivity contribution is 6.36. The molecule has 0 fully saturated rings. The zero-order valence-electron chi connectivity index (χ0n) is 12.9. The fourth-order valence-electron chi connectivity index (χ4n) is 2.02. The van der Waals surface area contributed by atoms with E-state index in [0.717, 1.165) is 0 Å². The Morgan fingerprint density at radius 1 is 0.720 bits per heavy atom. The molecule has 0 unspecified atom stereocenters. The van der Waals surface area contributed by atoms with Crippen LogP contribution in [0.15, 0.2) is 36.4 Å². The maximum Gasteiger partial charge on any atom is 0.224 e. The van der Waals surface area contributed by atoms with Crippen LogP contribution >= 0.6 is 46.4 Å². The summed E-state index contributed by atoms with van der Waals surface area (Å²) >= 11 is 23.7.